The van der Waals surface area contributed by atoms with Crippen molar-refractivity contribution in [2.75, 3.05) is 13.7 Å². The molecule has 2 N–H and O–H groups in total. The molecule has 0 amide bonds. The molecule has 0 spiro atoms. The number of nitrogens with zero attached hydrogens (tertiary/aromatic N) is 4. The van der Waals surface area contributed by atoms with Crippen LogP contribution in [0.1, 0.15) is 34.6 Å². The van der Waals surface area contributed by atoms with E-state index >= 15 is 0 Å². The highest BCUT2D eigenvalue weighted by Gasteiger charge is 2.49. The molecule has 0 aromatic heterocycles. The van der Waals surface area contributed by atoms with Crippen LogP contribution in [0.3, 0.4) is 0 Å². The molecule has 0 aromatic rings. The largest absolute Gasteiger partial charge is 0.463 e. The summed E-state index contributed by atoms with van der Waals surface area (Å²) in [6.07, 6.45) is -3.47. The van der Waals surface area contributed by atoms with Gasteiger partial charge in [0.15, 0.2) is 12.5 Å². The normalized spacial score (nSPS) is 39.3. The van der Waals surface area contributed by atoms with Crippen molar-refractivity contribution in [2.45, 2.75) is 81.4 Å². The van der Waals surface area contributed by atoms with Crippen molar-refractivity contribution < 1.29 is 28.5 Å². The molecule has 4 unspecified atom stereocenters. The van der Waals surface area contributed by atoms with Crippen LogP contribution in [-0.4, -0.2) is 72.3 Å². The number of methoxy groups -OCH3 is 1. The second-order valence-electron chi connectivity index (χ2n) is 8.66. The van der Waals surface area contributed by atoms with Gasteiger partial charge in [0, 0.05) is 30.8 Å². The minimum atomic E-state index is -1.99. The molecule has 0 aliphatic carbocycles. The number of nitrogens with two attached hydrogens (primary N) is 1. The van der Waals surface area contributed by atoms with Crippen LogP contribution in [0.4, 0.5) is 0 Å². The topological polar surface area (TPSA) is 150 Å². The van der Waals surface area contributed by atoms with E-state index in [0.717, 1.165) is 0 Å². The fraction of sp³-hybridized carbons (Fsp3) is 0.900. The van der Waals surface area contributed by atoms with E-state index in [4.69, 9.17) is 69.8 Å². The first-order valence-corrected chi connectivity index (χ1v) is 12.0. The SMILES string of the molecule is CO[C@H]1C(C)[C@H](O[C@@H]2C(COC(C)=O)O[C@H](N=C(N)C(Cl)(Cl)Cl)C(N=[N+]=[N-])[C@H]2C)OC(C)[C@H]1C. The van der Waals surface area contributed by atoms with Gasteiger partial charge in [-0.05, 0) is 18.4 Å². The molecule has 2 aliphatic rings. The second kappa shape index (κ2) is 12.3. The maximum Gasteiger partial charge on any atom is 0.302 e. The lowest BCUT2D eigenvalue weighted by atomic mass is 9.85. The summed E-state index contributed by atoms with van der Waals surface area (Å²) in [7, 11) is 1.65. The van der Waals surface area contributed by atoms with E-state index in [1.165, 1.54) is 6.92 Å². The number of ether oxygens (including phenoxy) is 5. The van der Waals surface area contributed by atoms with Crippen molar-refractivity contribution >= 4 is 46.6 Å². The van der Waals surface area contributed by atoms with Gasteiger partial charge in [0.1, 0.15) is 18.5 Å². The first-order chi connectivity index (χ1) is 15.8. The quantitative estimate of drug-likeness (QED) is 0.0975. The molecular formula is C20H32Cl3N5O6. The zero-order chi connectivity index (χ0) is 25.8. The van der Waals surface area contributed by atoms with Crippen LogP contribution >= 0.6 is 34.8 Å². The Hall–Kier alpha value is -1.04. The van der Waals surface area contributed by atoms with Gasteiger partial charge in [-0.25, -0.2) is 4.99 Å². The van der Waals surface area contributed by atoms with Gasteiger partial charge in [-0.3, -0.25) is 4.79 Å². The molecule has 194 valence electrons. The van der Waals surface area contributed by atoms with Crippen molar-refractivity contribution in [3.05, 3.63) is 10.4 Å². The first kappa shape index (κ1) is 29.2. The molecule has 2 saturated heterocycles. The van der Waals surface area contributed by atoms with Crippen LogP contribution in [0.2, 0.25) is 0 Å². The highest BCUT2D eigenvalue weighted by molar-refractivity contribution is 6.76. The Labute approximate surface area is 214 Å². The Balaban J connectivity index is 2.38. The lowest BCUT2D eigenvalue weighted by molar-refractivity contribution is -0.305. The number of aliphatic imine (C=N–C) groups is 1. The predicted molar refractivity (Wildman–Crippen MR) is 128 cm³/mol. The summed E-state index contributed by atoms with van der Waals surface area (Å²) >= 11 is 17.5. The highest BCUT2D eigenvalue weighted by atomic mass is 35.6. The first-order valence-electron chi connectivity index (χ1n) is 10.9. The molecule has 0 aromatic carbocycles. The monoisotopic (exact) mass is 543 g/mol. The number of carbonyl (C=O) groups is 1. The third-order valence-electron chi connectivity index (χ3n) is 6.34. The van der Waals surface area contributed by atoms with Crippen molar-refractivity contribution in [1.29, 1.82) is 0 Å². The Morgan fingerprint density at radius 2 is 1.76 bits per heavy atom. The van der Waals surface area contributed by atoms with Gasteiger partial charge in [-0.1, -0.05) is 60.7 Å². The standard InChI is InChI=1S/C20H32Cl3N5O6/c1-8-11(4)32-18(10(3)15(8)30-6)34-16-9(2)14(27-28-25)17(26-19(24)20(21,22)23)33-13(16)7-31-12(5)29/h8-11,13-18H,7H2,1-6H3,(H2,24,26)/t8-,9-,10?,11?,13?,14?,15-,16+,17+,18+/m1/s1. The van der Waals surface area contributed by atoms with E-state index in [1.54, 1.807) is 14.0 Å². The molecule has 14 heteroatoms. The van der Waals surface area contributed by atoms with Crippen LogP contribution in [0.5, 0.6) is 0 Å². The minimum absolute atomic E-state index is 0.102. The van der Waals surface area contributed by atoms with Crippen molar-refractivity contribution in [2.24, 2.45) is 33.6 Å². The molecular weight excluding hydrogens is 513 g/mol. The third kappa shape index (κ3) is 7.01. The molecule has 0 saturated carbocycles. The summed E-state index contributed by atoms with van der Waals surface area (Å²) in [6.45, 7) is 8.90. The van der Waals surface area contributed by atoms with Crippen LogP contribution in [0, 0.1) is 17.8 Å². The molecule has 2 aliphatic heterocycles. The summed E-state index contributed by atoms with van der Waals surface area (Å²) in [5.74, 6) is -1.28. The number of esters is 1. The minimum Gasteiger partial charge on any atom is -0.463 e. The fourth-order valence-electron chi connectivity index (χ4n) is 4.31. The van der Waals surface area contributed by atoms with Gasteiger partial charge >= 0.3 is 5.97 Å². The molecule has 2 heterocycles. The molecule has 0 bridgehead atoms. The predicted octanol–water partition coefficient (Wildman–Crippen LogP) is 3.73. The van der Waals surface area contributed by atoms with Gasteiger partial charge in [0.05, 0.1) is 24.4 Å². The van der Waals surface area contributed by atoms with Gasteiger partial charge in [-0.15, -0.1) is 0 Å². The van der Waals surface area contributed by atoms with E-state index < -0.39 is 46.4 Å². The summed E-state index contributed by atoms with van der Waals surface area (Å²) < 4.78 is 27.5. The van der Waals surface area contributed by atoms with Gasteiger partial charge in [0.2, 0.25) is 3.79 Å². The fourth-order valence-corrected chi connectivity index (χ4v) is 4.46. The number of halogens is 3. The van der Waals surface area contributed by atoms with Crippen LogP contribution in [0.25, 0.3) is 10.4 Å². The van der Waals surface area contributed by atoms with Crippen molar-refractivity contribution in [3.63, 3.8) is 0 Å². The number of alkyl halides is 3. The summed E-state index contributed by atoms with van der Waals surface area (Å²) in [5, 5.41) is 3.84. The number of hydrogen-bond donors (Lipinski definition) is 1. The molecule has 34 heavy (non-hydrogen) atoms. The molecule has 10 atom stereocenters. The lowest BCUT2D eigenvalue weighted by Crippen LogP contribution is -2.58. The van der Waals surface area contributed by atoms with Crippen LogP contribution in [-0.2, 0) is 28.5 Å². The van der Waals surface area contributed by atoms with E-state index in [9.17, 15) is 4.79 Å². The average Bonchev–Trinajstić information content (AvgIpc) is 2.74. The number of hydrogen-bond acceptors (Lipinski definition) is 8. The smallest absolute Gasteiger partial charge is 0.302 e. The Bertz CT molecular complexity index is 793. The Kier molecular flexibility index (Phi) is 10.5. The summed E-state index contributed by atoms with van der Waals surface area (Å²) in [4.78, 5) is 18.6. The summed E-state index contributed by atoms with van der Waals surface area (Å²) in [5.41, 5.74) is 15.0. The average molecular weight is 545 g/mol. The maximum absolute atomic E-state index is 11.5. The van der Waals surface area contributed by atoms with E-state index in [1.807, 2.05) is 13.8 Å². The number of amidine groups is 1. The molecule has 11 nitrogen and oxygen atoms in total. The zero-order valence-corrected chi connectivity index (χ0v) is 22.2. The Morgan fingerprint density at radius 1 is 1.12 bits per heavy atom. The number of rotatable bonds is 7. The highest BCUT2D eigenvalue weighted by Crippen LogP contribution is 2.38. The molecule has 2 fully saturated rings. The maximum atomic E-state index is 11.5. The summed E-state index contributed by atoms with van der Waals surface area (Å²) in [6, 6.07) is -0.858. The van der Waals surface area contributed by atoms with E-state index in [0.29, 0.717) is 0 Å². The zero-order valence-electron chi connectivity index (χ0n) is 19.9. The third-order valence-corrected chi connectivity index (χ3v) is 6.92. The second-order valence-corrected chi connectivity index (χ2v) is 10.9. The van der Waals surface area contributed by atoms with Crippen molar-refractivity contribution in [3.8, 4) is 0 Å². The van der Waals surface area contributed by atoms with Gasteiger partial charge in [-0.2, -0.15) is 0 Å². The van der Waals surface area contributed by atoms with Crippen molar-refractivity contribution in [1.82, 2.24) is 0 Å². The van der Waals surface area contributed by atoms with Gasteiger partial charge in [0.25, 0.3) is 0 Å². The number of azide groups is 1. The van der Waals surface area contributed by atoms with E-state index in [-0.39, 0.29) is 36.5 Å². The van der Waals surface area contributed by atoms with Gasteiger partial charge < -0.3 is 29.4 Å². The molecule has 0 radical (unpaired) electrons. The van der Waals surface area contributed by atoms with E-state index in [2.05, 4.69) is 21.9 Å². The van der Waals surface area contributed by atoms with Crippen LogP contribution in [0.15, 0.2) is 10.1 Å². The van der Waals surface area contributed by atoms with Crippen LogP contribution < -0.4 is 5.73 Å². The molecule has 2 rings (SSSR count). The Morgan fingerprint density at radius 3 is 2.29 bits per heavy atom. The number of carbonyl (C=O) groups excluding carboxylic acids is 1. The lowest BCUT2D eigenvalue weighted by Gasteiger charge is -2.48.